The number of terminal acetylenes is 1. The van der Waals surface area contributed by atoms with E-state index in [4.69, 9.17) is 10.8 Å². The van der Waals surface area contributed by atoms with Gasteiger partial charge >= 0.3 is 5.91 Å². The third-order valence-corrected chi connectivity index (χ3v) is 5.17. The summed E-state index contributed by atoms with van der Waals surface area (Å²) in [5.41, 5.74) is 2.09. The SMILES string of the molecule is C#CCn1c(=NC(=O)c2cc(=O)c3ccccc3o2)sc2cc(C)ccc21. The first-order chi connectivity index (χ1) is 13.1. The monoisotopic (exact) mass is 374 g/mol. The zero-order valence-electron chi connectivity index (χ0n) is 14.4. The Labute approximate surface area is 158 Å². The molecular formula is C21H14N2O3S. The van der Waals surface area contributed by atoms with Gasteiger partial charge in [-0.25, -0.2) is 0 Å². The van der Waals surface area contributed by atoms with Crippen LogP contribution in [0.1, 0.15) is 16.1 Å². The highest BCUT2D eigenvalue weighted by Crippen LogP contribution is 2.19. The van der Waals surface area contributed by atoms with Crippen molar-refractivity contribution in [3.63, 3.8) is 0 Å². The van der Waals surface area contributed by atoms with Gasteiger partial charge in [0.1, 0.15) is 5.58 Å². The van der Waals surface area contributed by atoms with Gasteiger partial charge in [-0.2, -0.15) is 4.99 Å². The molecule has 0 fully saturated rings. The molecule has 132 valence electrons. The van der Waals surface area contributed by atoms with Gasteiger partial charge in [-0.05, 0) is 36.8 Å². The minimum Gasteiger partial charge on any atom is -0.451 e. The Morgan fingerprint density at radius 2 is 2.07 bits per heavy atom. The number of aryl methyl sites for hydroxylation is 1. The van der Waals surface area contributed by atoms with Crippen LogP contribution in [0.5, 0.6) is 0 Å². The van der Waals surface area contributed by atoms with Gasteiger partial charge in [0.05, 0.1) is 22.1 Å². The lowest BCUT2D eigenvalue weighted by atomic mass is 10.2. The van der Waals surface area contributed by atoms with Crippen molar-refractivity contribution in [3.05, 3.63) is 74.9 Å². The molecule has 0 atom stereocenters. The van der Waals surface area contributed by atoms with Crippen LogP contribution in [0.3, 0.4) is 0 Å². The highest BCUT2D eigenvalue weighted by Gasteiger charge is 2.13. The third-order valence-electron chi connectivity index (χ3n) is 4.13. The van der Waals surface area contributed by atoms with Gasteiger partial charge in [-0.15, -0.1) is 6.42 Å². The molecule has 0 aliphatic rings. The molecule has 0 saturated heterocycles. The lowest BCUT2D eigenvalue weighted by molar-refractivity contribution is 0.0972. The number of para-hydroxylation sites is 1. The molecule has 0 radical (unpaired) electrons. The fraction of sp³-hybridized carbons (Fsp3) is 0.0952. The van der Waals surface area contributed by atoms with E-state index in [9.17, 15) is 9.59 Å². The van der Waals surface area contributed by atoms with E-state index in [0.717, 1.165) is 15.8 Å². The predicted octanol–water partition coefficient (Wildman–Crippen LogP) is 3.49. The van der Waals surface area contributed by atoms with Gasteiger partial charge in [0.25, 0.3) is 0 Å². The molecule has 4 rings (SSSR count). The lowest BCUT2D eigenvalue weighted by Gasteiger charge is -2.01. The van der Waals surface area contributed by atoms with E-state index < -0.39 is 5.91 Å². The van der Waals surface area contributed by atoms with E-state index in [1.807, 2.05) is 25.1 Å². The first-order valence-corrected chi connectivity index (χ1v) is 9.04. The second-order valence-corrected chi connectivity index (χ2v) is 7.04. The van der Waals surface area contributed by atoms with Gasteiger partial charge in [0.15, 0.2) is 16.0 Å². The second kappa shape index (κ2) is 6.71. The van der Waals surface area contributed by atoms with Crippen molar-refractivity contribution < 1.29 is 9.21 Å². The zero-order chi connectivity index (χ0) is 19.0. The van der Waals surface area contributed by atoms with E-state index in [-0.39, 0.29) is 17.7 Å². The molecule has 0 saturated carbocycles. The maximum atomic E-state index is 12.7. The maximum absolute atomic E-state index is 12.7. The van der Waals surface area contributed by atoms with Crippen LogP contribution < -0.4 is 10.2 Å². The molecule has 2 aromatic heterocycles. The van der Waals surface area contributed by atoms with Gasteiger partial charge < -0.3 is 8.98 Å². The van der Waals surface area contributed by atoms with Gasteiger partial charge in [-0.1, -0.05) is 35.5 Å². The number of benzene rings is 2. The fourth-order valence-corrected chi connectivity index (χ4v) is 3.99. The number of hydrogen-bond donors (Lipinski definition) is 0. The van der Waals surface area contributed by atoms with Gasteiger partial charge in [0, 0.05) is 6.07 Å². The fourth-order valence-electron chi connectivity index (χ4n) is 2.86. The first-order valence-electron chi connectivity index (χ1n) is 8.22. The van der Waals surface area contributed by atoms with Crippen LogP contribution in [0, 0.1) is 19.3 Å². The number of fused-ring (bicyclic) bond motifs is 2. The van der Waals surface area contributed by atoms with E-state index >= 15 is 0 Å². The van der Waals surface area contributed by atoms with Crippen LogP contribution in [0.25, 0.3) is 21.2 Å². The Bertz CT molecular complexity index is 1370. The molecule has 0 unspecified atom stereocenters. The quantitative estimate of drug-likeness (QED) is 0.505. The van der Waals surface area contributed by atoms with E-state index in [1.165, 1.54) is 17.4 Å². The Morgan fingerprint density at radius 3 is 2.89 bits per heavy atom. The molecule has 0 bridgehead atoms. The number of rotatable bonds is 2. The average Bonchev–Trinajstić information content (AvgIpc) is 2.98. The second-order valence-electron chi connectivity index (χ2n) is 6.03. The van der Waals surface area contributed by atoms with Crippen molar-refractivity contribution in [1.82, 2.24) is 4.57 Å². The molecule has 5 nitrogen and oxygen atoms in total. The van der Waals surface area contributed by atoms with Gasteiger partial charge in [0.2, 0.25) is 0 Å². The molecule has 2 heterocycles. The predicted molar refractivity (Wildman–Crippen MR) is 106 cm³/mol. The van der Waals surface area contributed by atoms with Crippen LogP contribution in [0.15, 0.2) is 62.7 Å². The molecule has 2 aromatic carbocycles. The highest BCUT2D eigenvalue weighted by molar-refractivity contribution is 7.16. The largest absolute Gasteiger partial charge is 0.451 e. The molecule has 6 heteroatoms. The summed E-state index contributed by atoms with van der Waals surface area (Å²) >= 11 is 1.37. The lowest BCUT2D eigenvalue weighted by Crippen LogP contribution is -2.17. The minimum atomic E-state index is -0.619. The standard InChI is InChI=1S/C21H14N2O3S/c1-3-10-23-15-9-8-13(2)11-19(15)27-21(23)22-20(25)18-12-16(24)14-6-4-5-7-17(14)26-18/h1,4-9,11-12H,10H2,2H3. The van der Waals surface area contributed by atoms with Crippen molar-refractivity contribution in [2.75, 3.05) is 0 Å². The number of carbonyl (C=O) groups is 1. The molecule has 0 N–H and O–H groups in total. The Balaban J connectivity index is 1.88. The summed E-state index contributed by atoms with van der Waals surface area (Å²) in [7, 11) is 0. The minimum absolute atomic E-state index is 0.0976. The summed E-state index contributed by atoms with van der Waals surface area (Å²) in [4.78, 5) is 29.5. The van der Waals surface area contributed by atoms with Gasteiger partial charge in [-0.3, -0.25) is 9.59 Å². The molecule has 4 aromatic rings. The summed E-state index contributed by atoms with van der Waals surface area (Å²) in [5, 5.41) is 0.425. The number of aromatic nitrogens is 1. The van der Waals surface area contributed by atoms with Crippen molar-refractivity contribution in [3.8, 4) is 12.3 Å². The van der Waals surface area contributed by atoms with E-state index in [2.05, 4.69) is 10.9 Å². The van der Waals surface area contributed by atoms with Crippen molar-refractivity contribution >= 4 is 38.4 Å². The number of carbonyl (C=O) groups excluding carboxylic acids is 1. The summed E-state index contributed by atoms with van der Waals surface area (Å²) in [6.45, 7) is 2.28. The van der Waals surface area contributed by atoms with Crippen LogP contribution >= 0.6 is 11.3 Å². The number of amides is 1. The number of hydrogen-bond acceptors (Lipinski definition) is 4. The van der Waals surface area contributed by atoms with Crippen LogP contribution in [-0.4, -0.2) is 10.5 Å². The van der Waals surface area contributed by atoms with Crippen molar-refractivity contribution in [2.24, 2.45) is 4.99 Å². The molecule has 27 heavy (non-hydrogen) atoms. The molecule has 0 spiro atoms. The van der Waals surface area contributed by atoms with E-state index in [0.29, 0.717) is 15.8 Å². The number of nitrogens with zero attached hydrogens (tertiary/aromatic N) is 2. The van der Waals surface area contributed by atoms with Crippen molar-refractivity contribution in [2.45, 2.75) is 13.5 Å². The smallest absolute Gasteiger partial charge is 0.315 e. The highest BCUT2D eigenvalue weighted by atomic mass is 32.1. The Morgan fingerprint density at radius 1 is 1.26 bits per heavy atom. The molecular weight excluding hydrogens is 360 g/mol. The topological polar surface area (TPSA) is 64.6 Å². The van der Waals surface area contributed by atoms with E-state index in [1.54, 1.807) is 28.8 Å². The number of thiazole rings is 1. The normalized spacial score (nSPS) is 11.8. The Hall–Kier alpha value is -3.43. The van der Waals surface area contributed by atoms with Crippen LogP contribution in [0.2, 0.25) is 0 Å². The zero-order valence-corrected chi connectivity index (χ0v) is 15.2. The molecule has 0 aliphatic heterocycles. The summed E-state index contributed by atoms with van der Waals surface area (Å²) in [5.74, 6) is 1.87. The summed E-state index contributed by atoms with van der Waals surface area (Å²) < 4.78 is 8.37. The Kier molecular flexibility index (Phi) is 4.22. The summed E-state index contributed by atoms with van der Waals surface area (Å²) in [6, 6.07) is 13.9. The first kappa shape index (κ1) is 17.0. The summed E-state index contributed by atoms with van der Waals surface area (Å²) in [6.07, 6.45) is 5.48. The average molecular weight is 374 g/mol. The van der Waals surface area contributed by atoms with Crippen LogP contribution in [0.4, 0.5) is 0 Å². The molecule has 0 aliphatic carbocycles. The third kappa shape index (κ3) is 3.09. The van der Waals surface area contributed by atoms with Crippen molar-refractivity contribution in [1.29, 1.82) is 0 Å². The maximum Gasteiger partial charge on any atom is 0.315 e. The van der Waals surface area contributed by atoms with Crippen LogP contribution in [-0.2, 0) is 6.54 Å². The molecule has 1 amide bonds.